The fourth-order valence-corrected chi connectivity index (χ4v) is 2.90. The monoisotopic (exact) mass is 332 g/mol. The molecule has 0 saturated heterocycles. The van der Waals surface area contributed by atoms with Gasteiger partial charge >= 0.3 is 0 Å². The first-order chi connectivity index (χ1) is 8.54. The van der Waals surface area contributed by atoms with Crippen LogP contribution in [0, 0.1) is 0 Å². The molecule has 6 heteroatoms. The van der Waals surface area contributed by atoms with Crippen molar-refractivity contribution >= 4 is 27.5 Å². The van der Waals surface area contributed by atoms with Crippen LogP contribution in [0.4, 0.5) is 0 Å². The molecule has 0 amide bonds. The zero-order valence-corrected chi connectivity index (χ0v) is 12.5. The Kier molecular flexibility index (Phi) is 4.14. The summed E-state index contributed by atoms with van der Waals surface area (Å²) in [6, 6.07) is 1.68. The van der Waals surface area contributed by atoms with Gasteiger partial charge in [0.25, 0.3) is 0 Å². The molecule has 0 radical (unpaired) electrons. The molecule has 2 aromatic heterocycles. The molecule has 2 rings (SSSR count). The zero-order chi connectivity index (χ0) is 13.3. The highest BCUT2D eigenvalue weighted by Crippen LogP contribution is 2.30. The number of aliphatic hydroxyl groups is 1. The number of hydrogen-bond acceptors (Lipinski definition) is 3. The Bertz CT molecular complexity index is 550. The highest BCUT2D eigenvalue weighted by Gasteiger charge is 2.20. The highest BCUT2D eigenvalue weighted by atomic mass is 79.9. The fraction of sp³-hybridized carbons (Fsp3) is 0.417. The smallest absolute Gasteiger partial charge is 0.198 e. The van der Waals surface area contributed by atoms with Crippen LogP contribution in [0.3, 0.4) is 0 Å². The summed E-state index contributed by atoms with van der Waals surface area (Å²) in [5.41, 5.74) is 2.53. The van der Waals surface area contributed by atoms with Gasteiger partial charge in [-0.25, -0.2) is 0 Å². The van der Waals surface area contributed by atoms with Crippen molar-refractivity contribution in [1.29, 1.82) is 0 Å². The molecule has 0 aromatic carbocycles. The van der Waals surface area contributed by atoms with Crippen LogP contribution in [-0.4, -0.2) is 14.9 Å². The number of aryl methyl sites for hydroxylation is 2. The summed E-state index contributed by atoms with van der Waals surface area (Å²) < 4.78 is 7.71. The minimum atomic E-state index is -0.701. The number of aromatic nitrogens is 2. The third-order valence-corrected chi connectivity index (χ3v) is 4.12. The Morgan fingerprint density at radius 2 is 2.33 bits per heavy atom. The van der Waals surface area contributed by atoms with E-state index in [-0.39, 0.29) is 5.22 Å². The van der Waals surface area contributed by atoms with Crippen LogP contribution in [-0.2, 0) is 19.9 Å². The second kappa shape index (κ2) is 5.47. The van der Waals surface area contributed by atoms with Gasteiger partial charge in [0, 0.05) is 19.0 Å². The molecule has 1 unspecified atom stereocenters. The Morgan fingerprint density at radius 3 is 2.83 bits per heavy atom. The average molecular weight is 334 g/mol. The fourth-order valence-electron chi connectivity index (χ4n) is 1.88. The lowest BCUT2D eigenvalue weighted by Gasteiger charge is -2.09. The van der Waals surface area contributed by atoms with E-state index in [0.29, 0.717) is 12.0 Å². The van der Waals surface area contributed by atoms with Crippen molar-refractivity contribution in [2.75, 3.05) is 0 Å². The molecule has 2 heterocycles. The second-order valence-electron chi connectivity index (χ2n) is 4.05. The topological polar surface area (TPSA) is 51.2 Å². The van der Waals surface area contributed by atoms with E-state index in [1.165, 1.54) is 6.26 Å². The van der Waals surface area contributed by atoms with Gasteiger partial charge < -0.3 is 9.52 Å². The Hall–Kier alpha value is -0.780. The normalized spacial score (nSPS) is 12.9. The maximum Gasteiger partial charge on any atom is 0.198 e. The van der Waals surface area contributed by atoms with Gasteiger partial charge in [0.15, 0.2) is 5.22 Å². The third-order valence-electron chi connectivity index (χ3n) is 2.89. The van der Waals surface area contributed by atoms with Crippen LogP contribution in [0.25, 0.3) is 0 Å². The van der Waals surface area contributed by atoms with Gasteiger partial charge in [-0.2, -0.15) is 5.10 Å². The first-order valence-corrected chi connectivity index (χ1v) is 6.82. The average Bonchev–Trinajstić information content (AvgIpc) is 2.87. The lowest BCUT2D eigenvalue weighted by molar-refractivity contribution is 0.175. The first-order valence-electron chi connectivity index (χ1n) is 5.65. The molecule has 4 nitrogen and oxygen atoms in total. The van der Waals surface area contributed by atoms with E-state index in [4.69, 9.17) is 16.0 Å². The minimum Gasteiger partial charge on any atom is -0.453 e. The quantitative estimate of drug-likeness (QED) is 0.934. The molecular formula is C12H14BrClN2O2. The summed E-state index contributed by atoms with van der Waals surface area (Å²) in [4.78, 5) is 0. The molecule has 0 aliphatic carbocycles. The van der Waals surface area contributed by atoms with E-state index in [0.717, 1.165) is 22.3 Å². The molecule has 0 aliphatic rings. The SMILES string of the molecule is CCc1nn(C)c(CC(O)c2ccoc2Cl)c1Br. The summed E-state index contributed by atoms with van der Waals surface area (Å²) in [5, 5.41) is 14.8. The largest absolute Gasteiger partial charge is 0.453 e. The molecule has 2 aromatic rings. The first kappa shape index (κ1) is 13.6. The van der Waals surface area contributed by atoms with E-state index in [2.05, 4.69) is 21.0 Å². The van der Waals surface area contributed by atoms with Gasteiger partial charge in [0.2, 0.25) is 0 Å². The molecule has 0 saturated carbocycles. The van der Waals surface area contributed by atoms with Gasteiger partial charge in [-0.3, -0.25) is 4.68 Å². The van der Waals surface area contributed by atoms with Gasteiger partial charge in [-0.1, -0.05) is 6.92 Å². The molecule has 1 N–H and O–H groups in total. The van der Waals surface area contributed by atoms with Crippen LogP contribution in [0.1, 0.15) is 30.0 Å². The predicted molar refractivity (Wildman–Crippen MR) is 72.7 cm³/mol. The predicted octanol–water partition coefficient (Wildman–Crippen LogP) is 3.27. The number of rotatable bonds is 4. The number of aliphatic hydroxyl groups excluding tert-OH is 1. The van der Waals surface area contributed by atoms with Crippen molar-refractivity contribution in [2.45, 2.75) is 25.9 Å². The molecule has 98 valence electrons. The third kappa shape index (κ3) is 2.48. The van der Waals surface area contributed by atoms with Crippen molar-refractivity contribution in [3.05, 3.63) is 39.0 Å². The molecule has 0 fully saturated rings. The van der Waals surface area contributed by atoms with E-state index < -0.39 is 6.10 Å². The summed E-state index contributed by atoms with van der Waals surface area (Å²) in [5.74, 6) is 0. The van der Waals surface area contributed by atoms with Crippen molar-refractivity contribution in [3.63, 3.8) is 0 Å². The van der Waals surface area contributed by atoms with Crippen molar-refractivity contribution in [2.24, 2.45) is 7.05 Å². The lowest BCUT2D eigenvalue weighted by Crippen LogP contribution is -2.06. The lowest BCUT2D eigenvalue weighted by atomic mass is 10.1. The van der Waals surface area contributed by atoms with Crippen molar-refractivity contribution < 1.29 is 9.52 Å². The summed E-state index contributed by atoms with van der Waals surface area (Å²) >= 11 is 9.37. The van der Waals surface area contributed by atoms with E-state index >= 15 is 0 Å². The standard InChI is InChI=1S/C12H14BrClN2O2/c1-3-8-11(13)9(16(2)15-8)6-10(17)7-4-5-18-12(7)14/h4-5,10,17H,3,6H2,1-2H3. The maximum atomic E-state index is 10.2. The summed E-state index contributed by atoms with van der Waals surface area (Å²) in [6.07, 6.45) is 2.05. The number of hydrogen-bond donors (Lipinski definition) is 1. The van der Waals surface area contributed by atoms with Crippen LogP contribution < -0.4 is 0 Å². The highest BCUT2D eigenvalue weighted by molar-refractivity contribution is 9.10. The summed E-state index contributed by atoms with van der Waals surface area (Å²) in [7, 11) is 1.86. The van der Waals surface area contributed by atoms with Gasteiger partial charge in [0.05, 0.1) is 28.2 Å². The van der Waals surface area contributed by atoms with Crippen LogP contribution in [0.2, 0.25) is 5.22 Å². The molecule has 18 heavy (non-hydrogen) atoms. The second-order valence-corrected chi connectivity index (χ2v) is 5.19. The van der Waals surface area contributed by atoms with Crippen LogP contribution in [0.5, 0.6) is 0 Å². The van der Waals surface area contributed by atoms with Crippen LogP contribution >= 0.6 is 27.5 Å². The zero-order valence-electron chi connectivity index (χ0n) is 10.2. The van der Waals surface area contributed by atoms with E-state index in [1.807, 2.05) is 14.0 Å². The number of nitrogens with zero attached hydrogens (tertiary/aromatic N) is 2. The molecule has 1 atom stereocenters. The molecule has 0 bridgehead atoms. The van der Waals surface area contributed by atoms with Gasteiger partial charge in [-0.15, -0.1) is 0 Å². The maximum absolute atomic E-state index is 10.2. The van der Waals surface area contributed by atoms with Crippen molar-refractivity contribution in [3.8, 4) is 0 Å². The molecule has 0 spiro atoms. The van der Waals surface area contributed by atoms with Gasteiger partial charge in [0.1, 0.15) is 0 Å². The molecule has 0 aliphatic heterocycles. The van der Waals surface area contributed by atoms with E-state index in [1.54, 1.807) is 10.7 Å². The Labute approximate surface area is 119 Å². The minimum absolute atomic E-state index is 0.233. The van der Waals surface area contributed by atoms with E-state index in [9.17, 15) is 5.11 Å². The number of halogens is 2. The van der Waals surface area contributed by atoms with Crippen molar-refractivity contribution in [1.82, 2.24) is 9.78 Å². The number of furan rings is 1. The molecular weight excluding hydrogens is 320 g/mol. The van der Waals surface area contributed by atoms with Gasteiger partial charge in [-0.05, 0) is 40.0 Å². The summed E-state index contributed by atoms with van der Waals surface area (Å²) in [6.45, 7) is 2.04. The Morgan fingerprint density at radius 1 is 1.61 bits per heavy atom. The van der Waals surface area contributed by atoms with Crippen LogP contribution in [0.15, 0.2) is 21.2 Å². The Balaban J connectivity index is 2.24.